The molecule has 0 spiro atoms. The number of nitrogens with one attached hydrogen (secondary N) is 1. The molecule has 316 valence electrons. The first-order valence-corrected chi connectivity index (χ1v) is 20.3. The van der Waals surface area contributed by atoms with Gasteiger partial charge in [-0.25, -0.2) is 28.0 Å². The molecule has 2 heterocycles. The summed E-state index contributed by atoms with van der Waals surface area (Å²) in [5.74, 6) is -0.886. The molecule has 4 aromatic rings. The highest BCUT2D eigenvalue weighted by molar-refractivity contribution is 9.08. The summed E-state index contributed by atoms with van der Waals surface area (Å²) in [6, 6.07) is 22.8. The lowest BCUT2D eigenvalue weighted by Gasteiger charge is -2.33. The van der Waals surface area contributed by atoms with Gasteiger partial charge in [-0.2, -0.15) is 0 Å². The highest BCUT2D eigenvalue weighted by Crippen LogP contribution is 2.31. The Morgan fingerprint density at radius 2 is 1.14 bits per heavy atom. The second-order valence-electron chi connectivity index (χ2n) is 13.5. The molecule has 12 nitrogen and oxygen atoms in total. The van der Waals surface area contributed by atoms with Crippen molar-refractivity contribution in [1.29, 1.82) is 0 Å². The highest BCUT2D eigenvalue weighted by atomic mass is 79.9. The first-order chi connectivity index (χ1) is 28.5. The van der Waals surface area contributed by atoms with Gasteiger partial charge in [0.15, 0.2) is 0 Å². The predicted molar refractivity (Wildman–Crippen MR) is 226 cm³/mol. The Bertz CT molecular complexity index is 2020. The Morgan fingerprint density at radius 1 is 0.644 bits per heavy atom. The molecule has 59 heavy (non-hydrogen) atoms. The molecule has 1 N–H and O–H groups in total. The fourth-order valence-corrected chi connectivity index (χ4v) is 6.85. The van der Waals surface area contributed by atoms with E-state index in [4.69, 9.17) is 9.47 Å². The number of urea groups is 2. The van der Waals surface area contributed by atoms with Gasteiger partial charge in [-0.3, -0.25) is 4.90 Å². The van der Waals surface area contributed by atoms with Gasteiger partial charge >= 0.3 is 24.0 Å². The van der Waals surface area contributed by atoms with Crippen LogP contribution in [0.25, 0.3) is 0 Å². The average Bonchev–Trinajstić information content (AvgIpc) is 3.29. The number of anilines is 2. The van der Waals surface area contributed by atoms with Crippen molar-refractivity contribution in [3.8, 4) is 11.5 Å². The van der Waals surface area contributed by atoms with Crippen LogP contribution < -0.4 is 19.7 Å². The number of likely N-dealkylation sites (tertiary alicyclic amines) is 2. The van der Waals surface area contributed by atoms with Crippen LogP contribution in [0.15, 0.2) is 84.9 Å². The number of methoxy groups -OCH3 is 4. The Morgan fingerprint density at radius 3 is 1.64 bits per heavy atom. The zero-order valence-electron chi connectivity index (χ0n) is 33.8. The Hall–Kier alpha value is -5.70. The smallest absolute Gasteiger partial charge is 0.337 e. The molecule has 2 fully saturated rings. The second kappa shape index (κ2) is 23.6. The number of benzene rings is 4. The predicted octanol–water partition coefficient (Wildman–Crippen LogP) is 9.45. The van der Waals surface area contributed by atoms with E-state index in [0.29, 0.717) is 46.7 Å². The van der Waals surface area contributed by atoms with E-state index in [1.807, 2.05) is 41.3 Å². The minimum atomic E-state index is -0.610. The molecule has 2 aliphatic rings. The largest absolute Gasteiger partial charge is 0.495 e. The molecule has 0 atom stereocenters. The Labute approximate surface area is 352 Å². The molecule has 0 unspecified atom stereocenters. The van der Waals surface area contributed by atoms with Crippen molar-refractivity contribution < 1.29 is 46.9 Å². The first-order valence-electron chi connectivity index (χ1n) is 19.2. The van der Waals surface area contributed by atoms with Crippen molar-refractivity contribution in [2.24, 2.45) is 0 Å². The number of hydrogen-bond acceptors (Lipinski definition) is 8. The van der Waals surface area contributed by atoms with Crippen molar-refractivity contribution >= 4 is 51.3 Å². The molecule has 0 saturated carbocycles. The number of para-hydroxylation sites is 4. The molecule has 6 rings (SSSR count). The van der Waals surface area contributed by atoms with Crippen LogP contribution in [0.2, 0.25) is 0 Å². The Balaban J connectivity index is 0.000000216. The quantitative estimate of drug-likeness (QED) is 0.130. The summed E-state index contributed by atoms with van der Waals surface area (Å²) in [6.07, 6.45) is 6.42. The highest BCUT2D eigenvalue weighted by Gasteiger charge is 2.27. The standard InChI is InChI=1S/C22H25FN2O4.C13H18N2O2.C9H8BrFO2/c1-28-20-9-5-4-8-19(20)25(22(27)24-12-6-3-7-13-24)15-17-11-10-16(14-18(17)23)21(26)29-2;1-17-12-8-4-3-7-11(12)14-13(16)15-9-5-2-6-10-15;1-13-9(12)6-2-3-7(5-10)8(11)4-6/h4-5,8-11,14H,3,6-7,12-13,15H2,1-2H3;3-4,7-8H,2,5-6,9-10H2,1H3,(H,14,16);2-4H,5H2,1H3. The lowest BCUT2D eigenvalue weighted by atomic mass is 10.1. The molecule has 2 aliphatic heterocycles. The van der Waals surface area contributed by atoms with Gasteiger partial charge in [0.05, 0.1) is 57.5 Å². The molecule has 0 aliphatic carbocycles. The average molecular weight is 882 g/mol. The number of carbonyl (C=O) groups is 4. The minimum absolute atomic E-state index is 0.0169. The van der Waals surface area contributed by atoms with Crippen LogP contribution in [0, 0.1) is 11.6 Å². The summed E-state index contributed by atoms with van der Waals surface area (Å²) in [5, 5.41) is 3.32. The van der Waals surface area contributed by atoms with Gasteiger partial charge in [0.2, 0.25) is 0 Å². The number of carbonyl (C=O) groups excluding carboxylic acids is 4. The molecule has 2 saturated heterocycles. The second-order valence-corrected chi connectivity index (χ2v) is 14.1. The monoisotopic (exact) mass is 880 g/mol. The maximum absolute atomic E-state index is 14.7. The van der Waals surface area contributed by atoms with Gasteiger partial charge in [-0.1, -0.05) is 52.3 Å². The van der Waals surface area contributed by atoms with Gasteiger partial charge in [0.25, 0.3) is 0 Å². The molecule has 15 heteroatoms. The summed E-state index contributed by atoms with van der Waals surface area (Å²) in [7, 11) is 5.65. The number of esters is 2. The molecule has 4 aromatic carbocycles. The van der Waals surface area contributed by atoms with Crippen molar-refractivity contribution in [3.05, 3.63) is 119 Å². The van der Waals surface area contributed by atoms with Gasteiger partial charge in [-0.15, -0.1) is 0 Å². The normalized spacial score (nSPS) is 13.3. The van der Waals surface area contributed by atoms with E-state index in [2.05, 4.69) is 30.7 Å². The lowest BCUT2D eigenvalue weighted by Crippen LogP contribution is -2.45. The fourth-order valence-electron chi connectivity index (χ4n) is 6.39. The minimum Gasteiger partial charge on any atom is -0.495 e. The van der Waals surface area contributed by atoms with Crippen LogP contribution in [-0.4, -0.2) is 88.4 Å². The van der Waals surface area contributed by atoms with E-state index in [1.165, 1.54) is 56.9 Å². The third-order valence-corrected chi connectivity index (χ3v) is 10.3. The van der Waals surface area contributed by atoms with Crippen LogP contribution in [0.1, 0.15) is 70.4 Å². The molecule has 4 amide bonds. The van der Waals surface area contributed by atoms with Gasteiger partial charge < -0.3 is 34.1 Å². The van der Waals surface area contributed by atoms with Gasteiger partial charge in [-0.05, 0) is 92.6 Å². The summed E-state index contributed by atoms with van der Waals surface area (Å²) >= 11 is 3.13. The van der Waals surface area contributed by atoms with Crippen molar-refractivity contribution in [2.45, 2.75) is 50.4 Å². The van der Waals surface area contributed by atoms with Crippen molar-refractivity contribution in [2.75, 3.05) is 64.8 Å². The number of amides is 4. The van der Waals surface area contributed by atoms with E-state index in [1.54, 1.807) is 30.2 Å². The number of ether oxygens (including phenoxy) is 4. The number of alkyl halides is 1. The third-order valence-electron chi connectivity index (χ3n) is 9.65. The summed E-state index contributed by atoms with van der Waals surface area (Å²) < 4.78 is 47.5. The van der Waals surface area contributed by atoms with Crippen LogP contribution >= 0.6 is 15.9 Å². The number of nitrogens with zero attached hydrogens (tertiary/aromatic N) is 3. The SMILES string of the molecule is COC(=O)c1ccc(CBr)c(F)c1.COC(=O)c1ccc(CN(C(=O)N2CCCCC2)c2ccccc2OC)c(F)c1.COc1ccccc1NC(=O)N1CCCCC1. The van der Waals surface area contributed by atoms with E-state index in [-0.39, 0.29) is 29.7 Å². The van der Waals surface area contributed by atoms with Crippen LogP contribution in [0.4, 0.5) is 29.7 Å². The number of rotatable bonds is 9. The zero-order valence-corrected chi connectivity index (χ0v) is 35.4. The third kappa shape index (κ3) is 13.2. The topological polar surface area (TPSA) is 127 Å². The van der Waals surface area contributed by atoms with Crippen LogP contribution in [-0.2, 0) is 21.3 Å². The van der Waals surface area contributed by atoms with Crippen LogP contribution in [0.3, 0.4) is 0 Å². The first kappa shape index (κ1) is 46.0. The molecule has 0 radical (unpaired) electrons. The van der Waals surface area contributed by atoms with E-state index >= 15 is 0 Å². The van der Waals surface area contributed by atoms with Crippen molar-refractivity contribution in [1.82, 2.24) is 9.80 Å². The van der Waals surface area contributed by atoms with E-state index in [0.717, 1.165) is 56.9 Å². The number of piperidine rings is 2. The van der Waals surface area contributed by atoms with Crippen LogP contribution in [0.5, 0.6) is 11.5 Å². The molecular formula is C44H51BrF2N4O8. The molecule has 0 bridgehead atoms. The fraction of sp³-hybridized carbons (Fsp3) is 0.364. The van der Waals surface area contributed by atoms with E-state index in [9.17, 15) is 28.0 Å². The number of hydrogen-bond donors (Lipinski definition) is 1. The summed E-state index contributed by atoms with van der Waals surface area (Å²) in [5.41, 5.74) is 2.47. The maximum atomic E-state index is 14.7. The summed E-state index contributed by atoms with van der Waals surface area (Å²) in [4.78, 5) is 53.1. The van der Waals surface area contributed by atoms with E-state index < -0.39 is 23.6 Å². The Kier molecular flexibility index (Phi) is 18.4. The van der Waals surface area contributed by atoms with Gasteiger partial charge in [0, 0.05) is 37.1 Å². The molecular weight excluding hydrogens is 830 g/mol. The lowest BCUT2D eigenvalue weighted by molar-refractivity contribution is 0.0591. The maximum Gasteiger partial charge on any atom is 0.337 e. The number of halogens is 3. The molecule has 0 aromatic heterocycles. The van der Waals surface area contributed by atoms with Gasteiger partial charge in [0.1, 0.15) is 23.1 Å². The summed E-state index contributed by atoms with van der Waals surface area (Å²) in [6.45, 7) is 3.06. The zero-order chi connectivity index (χ0) is 42.7. The van der Waals surface area contributed by atoms with Crippen molar-refractivity contribution in [3.63, 3.8) is 0 Å².